The number of rotatable bonds is 3. The van der Waals surface area contributed by atoms with Gasteiger partial charge < -0.3 is 5.11 Å². The van der Waals surface area contributed by atoms with Gasteiger partial charge in [-0.2, -0.15) is 0 Å². The number of allylic oxidation sites excluding steroid dienone is 1. The Morgan fingerprint density at radius 2 is 2.30 bits per heavy atom. The van der Waals surface area contributed by atoms with Gasteiger partial charge in [-0.15, -0.1) is 11.8 Å². The van der Waals surface area contributed by atoms with Crippen molar-refractivity contribution in [1.29, 1.82) is 0 Å². The lowest BCUT2D eigenvalue weighted by molar-refractivity contribution is 0.342. The van der Waals surface area contributed by atoms with Gasteiger partial charge in [0.05, 0.1) is 6.61 Å². The van der Waals surface area contributed by atoms with Gasteiger partial charge in [-0.05, 0) is 12.8 Å². The first kappa shape index (κ1) is 9.26. The summed E-state index contributed by atoms with van der Waals surface area (Å²) in [6, 6.07) is 0. The van der Waals surface area contributed by atoms with E-state index < -0.39 is 0 Å². The molecule has 0 radical (unpaired) electrons. The minimum Gasteiger partial charge on any atom is -0.392 e. The van der Waals surface area contributed by atoms with E-state index in [0.29, 0.717) is 5.92 Å². The summed E-state index contributed by atoms with van der Waals surface area (Å²) in [6.45, 7) is 4.04. The molecule has 0 bridgehead atoms. The molecule has 0 heterocycles. The van der Waals surface area contributed by atoms with Gasteiger partial charge in [0, 0.05) is 6.42 Å². The van der Waals surface area contributed by atoms with Gasteiger partial charge in [0.1, 0.15) is 0 Å². The first-order valence-electron chi connectivity index (χ1n) is 3.48. The molecule has 0 aliphatic rings. The van der Waals surface area contributed by atoms with Crippen LogP contribution in [0.2, 0.25) is 0 Å². The minimum atomic E-state index is 0.129. The average molecular weight is 138 g/mol. The second-order valence-corrected chi connectivity index (χ2v) is 2.22. The third kappa shape index (κ3) is 5.40. The molecular weight excluding hydrogens is 124 g/mol. The highest BCUT2D eigenvalue weighted by atomic mass is 16.2. The molecule has 0 amide bonds. The average Bonchev–Trinajstić information content (AvgIpc) is 1.97. The maximum absolute atomic E-state index is 8.42. The van der Waals surface area contributed by atoms with E-state index in [9.17, 15) is 0 Å². The van der Waals surface area contributed by atoms with Gasteiger partial charge in [-0.1, -0.05) is 19.1 Å². The Bertz CT molecular complexity index is 148. The third-order valence-corrected chi connectivity index (χ3v) is 1.17. The van der Waals surface area contributed by atoms with Gasteiger partial charge in [0.25, 0.3) is 0 Å². The van der Waals surface area contributed by atoms with Crippen molar-refractivity contribution in [1.82, 2.24) is 0 Å². The monoisotopic (exact) mass is 138 g/mol. The molecule has 0 aromatic carbocycles. The van der Waals surface area contributed by atoms with Crippen molar-refractivity contribution in [2.45, 2.75) is 20.3 Å². The highest BCUT2D eigenvalue weighted by Gasteiger charge is 1.90. The quantitative estimate of drug-likeness (QED) is 0.464. The molecule has 0 saturated carbocycles. The molecule has 1 nitrogen and oxygen atoms in total. The minimum absolute atomic E-state index is 0.129. The standard InChI is InChI=1S/C9H14O/c1-3-4-6-9(2)7-5-8-10/h5,7,9-10H,6,8H2,1-2H3/b7-5+. The van der Waals surface area contributed by atoms with E-state index in [1.165, 1.54) is 0 Å². The summed E-state index contributed by atoms with van der Waals surface area (Å²) in [5.74, 6) is 6.26. The number of aliphatic hydroxyl groups excluding tert-OH is 1. The first-order chi connectivity index (χ1) is 4.81. The van der Waals surface area contributed by atoms with E-state index in [2.05, 4.69) is 18.8 Å². The lowest BCUT2D eigenvalue weighted by Gasteiger charge is -1.96. The van der Waals surface area contributed by atoms with Crippen LogP contribution in [-0.2, 0) is 0 Å². The van der Waals surface area contributed by atoms with Crippen LogP contribution in [0.5, 0.6) is 0 Å². The van der Waals surface area contributed by atoms with Gasteiger partial charge in [0.15, 0.2) is 0 Å². The first-order valence-corrected chi connectivity index (χ1v) is 3.48. The topological polar surface area (TPSA) is 20.2 Å². The van der Waals surface area contributed by atoms with E-state index in [-0.39, 0.29) is 6.61 Å². The summed E-state index contributed by atoms with van der Waals surface area (Å²) in [7, 11) is 0. The Morgan fingerprint density at radius 3 is 2.80 bits per heavy atom. The van der Waals surface area contributed by atoms with Crippen molar-refractivity contribution in [2.75, 3.05) is 6.61 Å². The van der Waals surface area contributed by atoms with E-state index in [1.54, 1.807) is 6.08 Å². The molecule has 0 fully saturated rings. The zero-order valence-corrected chi connectivity index (χ0v) is 6.59. The molecule has 1 heteroatoms. The molecule has 1 unspecified atom stereocenters. The van der Waals surface area contributed by atoms with Crippen LogP contribution in [-0.4, -0.2) is 11.7 Å². The maximum atomic E-state index is 8.42. The van der Waals surface area contributed by atoms with Crippen molar-refractivity contribution in [3.05, 3.63) is 12.2 Å². The Kier molecular flexibility index (Phi) is 5.91. The molecule has 0 saturated heterocycles. The predicted octanol–water partition coefficient (Wildman–Crippen LogP) is 1.58. The molecule has 56 valence electrons. The van der Waals surface area contributed by atoms with E-state index in [0.717, 1.165) is 6.42 Å². The maximum Gasteiger partial charge on any atom is 0.0612 e. The second-order valence-electron chi connectivity index (χ2n) is 2.22. The fourth-order valence-corrected chi connectivity index (χ4v) is 0.624. The van der Waals surface area contributed by atoms with Crippen molar-refractivity contribution >= 4 is 0 Å². The van der Waals surface area contributed by atoms with Crippen molar-refractivity contribution in [3.63, 3.8) is 0 Å². The molecule has 1 atom stereocenters. The molecular formula is C9H14O. The van der Waals surface area contributed by atoms with Crippen LogP contribution in [0.15, 0.2) is 12.2 Å². The van der Waals surface area contributed by atoms with Crippen molar-refractivity contribution in [2.24, 2.45) is 5.92 Å². The van der Waals surface area contributed by atoms with Crippen molar-refractivity contribution in [3.8, 4) is 11.8 Å². The molecule has 0 spiro atoms. The summed E-state index contributed by atoms with van der Waals surface area (Å²) in [6.07, 6.45) is 4.61. The molecule has 0 aliphatic carbocycles. The second kappa shape index (κ2) is 6.38. The van der Waals surface area contributed by atoms with E-state index in [4.69, 9.17) is 5.11 Å². The largest absolute Gasteiger partial charge is 0.392 e. The molecule has 10 heavy (non-hydrogen) atoms. The Labute approximate surface area is 62.8 Å². The van der Waals surface area contributed by atoms with Crippen LogP contribution in [0.1, 0.15) is 20.3 Å². The number of hydrogen-bond donors (Lipinski definition) is 1. The fraction of sp³-hybridized carbons (Fsp3) is 0.556. The van der Waals surface area contributed by atoms with Crippen LogP contribution < -0.4 is 0 Å². The molecule has 0 aliphatic heterocycles. The van der Waals surface area contributed by atoms with Gasteiger partial charge in [-0.25, -0.2) is 0 Å². The lowest BCUT2D eigenvalue weighted by atomic mass is 10.1. The summed E-state index contributed by atoms with van der Waals surface area (Å²) in [5, 5.41) is 8.42. The van der Waals surface area contributed by atoms with Gasteiger partial charge >= 0.3 is 0 Å². The summed E-state index contributed by atoms with van der Waals surface area (Å²) in [4.78, 5) is 0. The van der Waals surface area contributed by atoms with Crippen LogP contribution in [0, 0.1) is 17.8 Å². The molecule has 1 N–H and O–H groups in total. The van der Waals surface area contributed by atoms with Gasteiger partial charge in [-0.3, -0.25) is 0 Å². The molecule has 0 aromatic heterocycles. The van der Waals surface area contributed by atoms with Crippen molar-refractivity contribution < 1.29 is 5.11 Å². The number of hydrogen-bond acceptors (Lipinski definition) is 1. The lowest BCUT2D eigenvalue weighted by Crippen LogP contribution is -1.86. The van der Waals surface area contributed by atoms with Crippen LogP contribution in [0.3, 0.4) is 0 Å². The van der Waals surface area contributed by atoms with Crippen LogP contribution in [0.4, 0.5) is 0 Å². The molecule has 0 aromatic rings. The summed E-state index contributed by atoms with van der Waals surface area (Å²) in [5.41, 5.74) is 0. The highest BCUT2D eigenvalue weighted by molar-refractivity contribution is 5.00. The third-order valence-electron chi connectivity index (χ3n) is 1.17. The van der Waals surface area contributed by atoms with Crippen LogP contribution in [0.25, 0.3) is 0 Å². The Balaban J connectivity index is 3.49. The number of aliphatic hydroxyl groups is 1. The Morgan fingerprint density at radius 1 is 1.60 bits per heavy atom. The normalized spacial score (nSPS) is 12.7. The predicted molar refractivity (Wildman–Crippen MR) is 43.5 cm³/mol. The molecule has 0 rings (SSSR count). The Hall–Kier alpha value is -0.740. The van der Waals surface area contributed by atoms with E-state index in [1.807, 2.05) is 13.0 Å². The SMILES string of the molecule is CC#CCC(C)/C=C/CO. The fourth-order valence-electron chi connectivity index (χ4n) is 0.624. The summed E-state index contributed by atoms with van der Waals surface area (Å²) >= 11 is 0. The summed E-state index contributed by atoms with van der Waals surface area (Å²) < 4.78 is 0. The van der Waals surface area contributed by atoms with Crippen LogP contribution >= 0.6 is 0 Å². The van der Waals surface area contributed by atoms with E-state index >= 15 is 0 Å². The zero-order valence-electron chi connectivity index (χ0n) is 6.59. The zero-order chi connectivity index (χ0) is 7.82. The van der Waals surface area contributed by atoms with Gasteiger partial charge in [0.2, 0.25) is 0 Å². The smallest absolute Gasteiger partial charge is 0.0612 e. The highest BCUT2D eigenvalue weighted by Crippen LogP contribution is 2.00.